The lowest BCUT2D eigenvalue weighted by Gasteiger charge is -2.33. The quantitative estimate of drug-likeness (QED) is 0.496. The van der Waals surface area contributed by atoms with E-state index in [2.05, 4.69) is 31.0 Å². The molecule has 156 valence electrons. The summed E-state index contributed by atoms with van der Waals surface area (Å²) in [6, 6.07) is 7.57. The highest BCUT2D eigenvalue weighted by atomic mass is 32.2. The van der Waals surface area contributed by atoms with Gasteiger partial charge >= 0.3 is 5.97 Å². The number of esters is 1. The largest absolute Gasteiger partial charge is 0.460 e. The minimum atomic E-state index is -0.532. The third-order valence-electron chi connectivity index (χ3n) is 5.18. The van der Waals surface area contributed by atoms with Crippen LogP contribution in [0.5, 0.6) is 0 Å². The Bertz CT molecular complexity index is 845. The van der Waals surface area contributed by atoms with Gasteiger partial charge in [-0.1, -0.05) is 56.8 Å². The fourth-order valence-electron chi connectivity index (χ4n) is 3.52. The van der Waals surface area contributed by atoms with Crippen LogP contribution in [-0.4, -0.2) is 47.5 Å². The number of carbonyl (C=O) groups excluding carboxylic acids is 2. The molecule has 3 rings (SSSR count). The Morgan fingerprint density at radius 2 is 1.93 bits per heavy atom. The first-order valence-electron chi connectivity index (χ1n) is 9.94. The van der Waals surface area contributed by atoms with Gasteiger partial charge in [0.25, 0.3) is 0 Å². The number of rotatable bonds is 7. The molecule has 6 nitrogen and oxygen atoms in total. The Labute approximate surface area is 176 Å². The van der Waals surface area contributed by atoms with Gasteiger partial charge in [-0.2, -0.15) is 0 Å². The fraction of sp³-hybridized carbons (Fsp3) is 0.500. The summed E-state index contributed by atoms with van der Waals surface area (Å²) >= 11 is 1.47. The van der Waals surface area contributed by atoms with Crippen molar-refractivity contribution in [3.05, 3.63) is 46.7 Å². The number of hydrogen-bond donors (Lipinski definition) is 0. The maximum Gasteiger partial charge on any atom is 0.338 e. The number of allylic oxidation sites excluding steroid dienone is 1. The van der Waals surface area contributed by atoms with Crippen LogP contribution in [0.15, 0.2) is 40.5 Å². The van der Waals surface area contributed by atoms with Crippen LogP contribution in [0, 0.1) is 0 Å². The van der Waals surface area contributed by atoms with Gasteiger partial charge in [-0.25, -0.2) is 9.79 Å². The maximum atomic E-state index is 13.1. The molecule has 0 bridgehead atoms. The van der Waals surface area contributed by atoms with Crippen molar-refractivity contribution in [3.63, 3.8) is 0 Å². The lowest BCUT2D eigenvalue weighted by atomic mass is 9.92. The molecule has 2 aliphatic rings. The molecule has 2 heterocycles. The molecular weight excluding hydrogens is 388 g/mol. The van der Waals surface area contributed by atoms with E-state index in [1.807, 2.05) is 19.1 Å². The van der Waals surface area contributed by atoms with Crippen molar-refractivity contribution < 1.29 is 19.1 Å². The summed E-state index contributed by atoms with van der Waals surface area (Å²) in [5, 5.41) is 0.480. The third-order valence-corrected chi connectivity index (χ3v) is 6.50. The van der Waals surface area contributed by atoms with Gasteiger partial charge in [-0.05, 0) is 30.4 Å². The lowest BCUT2D eigenvalue weighted by Crippen LogP contribution is -2.41. The maximum absolute atomic E-state index is 13.1. The van der Waals surface area contributed by atoms with Crippen molar-refractivity contribution in [2.75, 3.05) is 20.3 Å². The number of aliphatic imine (C=N–C) groups is 1. The first-order valence-corrected chi connectivity index (χ1v) is 10.8. The highest BCUT2D eigenvalue weighted by Gasteiger charge is 2.47. The van der Waals surface area contributed by atoms with E-state index < -0.39 is 12.0 Å². The molecule has 1 aromatic carbocycles. The molecule has 1 fully saturated rings. The topological polar surface area (TPSA) is 68.2 Å². The average Bonchev–Trinajstić information content (AvgIpc) is 3.02. The molecule has 7 heteroatoms. The molecule has 0 saturated carbocycles. The predicted octanol–water partition coefficient (Wildman–Crippen LogP) is 4.04. The number of nitrogens with zero attached hydrogens (tertiary/aromatic N) is 2. The third kappa shape index (κ3) is 4.26. The molecule has 1 amide bonds. The van der Waals surface area contributed by atoms with Gasteiger partial charge in [0.1, 0.15) is 6.61 Å². The highest BCUT2D eigenvalue weighted by Crippen LogP contribution is 2.44. The molecule has 2 atom stereocenters. The molecular formula is C22H28N2O4S. The molecule has 1 saturated heterocycles. The monoisotopic (exact) mass is 416 g/mol. The molecule has 0 aliphatic carbocycles. The molecule has 0 radical (unpaired) electrons. The standard InChI is InChI=1S/C22H28N2O4S/c1-6-17-20(25)24-19(16-9-7-15(8-10-16)13(2)3)18(14(4)23-22(24)29-17)21(26)28-12-11-27-5/h7-10,13,17,19H,6,11-12H2,1-5H3/t17-,19-/m0/s1. The van der Waals surface area contributed by atoms with Gasteiger partial charge < -0.3 is 9.47 Å². The molecule has 0 spiro atoms. The van der Waals surface area contributed by atoms with Crippen molar-refractivity contribution in [2.45, 2.75) is 51.3 Å². The van der Waals surface area contributed by atoms with Crippen molar-refractivity contribution >= 4 is 28.8 Å². The lowest BCUT2D eigenvalue weighted by molar-refractivity contribution is -0.141. The summed E-state index contributed by atoms with van der Waals surface area (Å²) in [7, 11) is 1.56. The van der Waals surface area contributed by atoms with Crippen LogP contribution in [0.1, 0.15) is 57.2 Å². The van der Waals surface area contributed by atoms with E-state index in [0.717, 1.165) is 5.56 Å². The average molecular weight is 417 g/mol. The second-order valence-electron chi connectivity index (χ2n) is 7.47. The summed E-state index contributed by atoms with van der Waals surface area (Å²) in [4.78, 5) is 32.3. The number of amidine groups is 1. The second-order valence-corrected chi connectivity index (χ2v) is 8.64. The summed E-state index contributed by atoms with van der Waals surface area (Å²) in [6.07, 6.45) is 0.713. The van der Waals surface area contributed by atoms with Gasteiger partial charge in [0.05, 0.1) is 29.2 Å². The van der Waals surface area contributed by atoms with Crippen molar-refractivity contribution in [1.82, 2.24) is 4.90 Å². The minimum absolute atomic E-state index is 0.0103. The van der Waals surface area contributed by atoms with Gasteiger partial charge in [-0.3, -0.25) is 9.69 Å². The van der Waals surface area contributed by atoms with Crippen LogP contribution < -0.4 is 0 Å². The second kappa shape index (κ2) is 9.13. The van der Waals surface area contributed by atoms with Crippen LogP contribution >= 0.6 is 11.8 Å². The van der Waals surface area contributed by atoms with Crippen LogP contribution in [0.3, 0.4) is 0 Å². The fourth-order valence-corrected chi connectivity index (χ4v) is 4.66. The smallest absolute Gasteiger partial charge is 0.338 e. The van der Waals surface area contributed by atoms with E-state index in [9.17, 15) is 9.59 Å². The molecule has 0 unspecified atom stereocenters. The summed E-state index contributed by atoms with van der Waals surface area (Å²) < 4.78 is 10.4. The number of thioether (sulfide) groups is 1. The van der Waals surface area contributed by atoms with Crippen molar-refractivity contribution in [2.24, 2.45) is 4.99 Å². The van der Waals surface area contributed by atoms with E-state index in [0.29, 0.717) is 35.4 Å². The summed E-state index contributed by atoms with van der Waals surface area (Å²) in [5.74, 6) is -0.0707. The molecule has 29 heavy (non-hydrogen) atoms. The van der Waals surface area contributed by atoms with Gasteiger partial charge in [0.2, 0.25) is 5.91 Å². The Hall–Kier alpha value is -2.12. The molecule has 0 N–H and O–H groups in total. The van der Waals surface area contributed by atoms with E-state index in [1.54, 1.807) is 18.9 Å². The number of amides is 1. The first-order chi connectivity index (χ1) is 13.9. The SMILES string of the molecule is CC[C@@H]1SC2=NC(C)=C(C(=O)OCCOC)[C@H](c3ccc(C(C)C)cc3)N2C1=O. The number of benzene rings is 1. The first kappa shape index (κ1) is 21.6. The predicted molar refractivity (Wildman–Crippen MR) is 115 cm³/mol. The van der Waals surface area contributed by atoms with Gasteiger partial charge in [0, 0.05) is 7.11 Å². The zero-order valence-corrected chi connectivity index (χ0v) is 18.4. The molecule has 0 aromatic heterocycles. The van der Waals surface area contributed by atoms with Gasteiger partial charge in [0.15, 0.2) is 5.17 Å². The number of carbonyl (C=O) groups is 2. The van der Waals surface area contributed by atoms with Crippen molar-refractivity contribution in [3.8, 4) is 0 Å². The Morgan fingerprint density at radius 1 is 1.24 bits per heavy atom. The van der Waals surface area contributed by atoms with Crippen LogP contribution in [0.2, 0.25) is 0 Å². The summed E-state index contributed by atoms with van der Waals surface area (Å²) in [5.41, 5.74) is 3.09. The number of methoxy groups -OCH3 is 1. The van der Waals surface area contributed by atoms with Crippen LogP contribution in [0.4, 0.5) is 0 Å². The zero-order chi connectivity index (χ0) is 21.1. The Morgan fingerprint density at radius 3 is 2.52 bits per heavy atom. The van der Waals surface area contributed by atoms with E-state index >= 15 is 0 Å². The number of hydrogen-bond acceptors (Lipinski definition) is 6. The van der Waals surface area contributed by atoms with Gasteiger partial charge in [-0.15, -0.1) is 0 Å². The van der Waals surface area contributed by atoms with E-state index in [4.69, 9.17) is 9.47 Å². The van der Waals surface area contributed by atoms with Crippen LogP contribution in [-0.2, 0) is 19.1 Å². The van der Waals surface area contributed by atoms with Crippen LogP contribution in [0.25, 0.3) is 0 Å². The minimum Gasteiger partial charge on any atom is -0.460 e. The normalized spacial score (nSPS) is 21.5. The molecule has 2 aliphatic heterocycles. The molecule has 1 aromatic rings. The van der Waals surface area contributed by atoms with E-state index in [1.165, 1.54) is 17.3 Å². The number of fused-ring (bicyclic) bond motifs is 1. The Balaban J connectivity index is 2.03. The number of ether oxygens (including phenoxy) is 2. The Kier molecular flexibility index (Phi) is 6.80. The van der Waals surface area contributed by atoms with E-state index in [-0.39, 0.29) is 17.8 Å². The highest BCUT2D eigenvalue weighted by molar-refractivity contribution is 8.15. The van der Waals surface area contributed by atoms with Crippen molar-refractivity contribution in [1.29, 1.82) is 0 Å². The zero-order valence-electron chi connectivity index (χ0n) is 17.6. The summed E-state index contributed by atoms with van der Waals surface area (Å²) in [6.45, 7) is 8.53.